The lowest BCUT2D eigenvalue weighted by Crippen LogP contribution is -1.76. The van der Waals surface area contributed by atoms with Crippen LogP contribution in [0, 0.1) is 11.8 Å². The van der Waals surface area contributed by atoms with Crippen LogP contribution in [0.25, 0.3) is 11.5 Å². The van der Waals surface area contributed by atoms with E-state index in [2.05, 4.69) is 15.4 Å². The summed E-state index contributed by atoms with van der Waals surface area (Å²) in [4.78, 5) is 0.241. The molecule has 0 saturated carbocycles. The molecule has 0 aliphatic heterocycles. The fraction of sp³-hybridized carbons (Fsp3) is 0.167. The zero-order valence-electron chi connectivity index (χ0n) is 6.20. The number of nitrogens with one attached hydrogen (secondary N) is 1. The van der Waals surface area contributed by atoms with Gasteiger partial charge in [0.15, 0.2) is 0 Å². The maximum Gasteiger partial charge on any atom is 0.284 e. The molecule has 0 spiro atoms. The highest BCUT2D eigenvalue weighted by Crippen LogP contribution is 2.19. The van der Waals surface area contributed by atoms with Crippen molar-refractivity contribution in [2.24, 2.45) is 0 Å². The second-order valence-corrected chi connectivity index (χ2v) is 2.58. The minimum Gasteiger partial charge on any atom is -0.409 e. The van der Waals surface area contributed by atoms with Crippen molar-refractivity contribution >= 4 is 12.2 Å². The standard InChI is InChI=1S/C6H5N3O2S/c1-3-4(2-7-11-3)5-8-9-6(12)10-5/h2H,1H3,(H,9,12). The highest BCUT2D eigenvalue weighted by molar-refractivity contribution is 7.71. The molecule has 62 valence electrons. The first kappa shape index (κ1) is 7.23. The van der Waals surface area contributed by atoms with Crippen LogP contribution in [0.15, 0.2) is 15.1 Å². The van der Waals surface area contributed by atoms with Gasteiger partial charge >= 0.3 is 0 Å². The van der Waals surface area contributed by atoms with E-state index in [0.29, 0.717) is 17.2 Å². The summed E-state index contributed by atoms with van der Waals surface area (Å²) in [5, 5.41) is 9.92. The van der Waals surface area contributed by atoms with Crippen LogP contribution in [0.2, 0.25) is 0 Å². The summed E-state index contributed by atoms with van der Waals surface area (Å²) >= 11 is 4.71. The Labute approximate surface area is 72.4 Å². The second-order valence-electron chi connectivity index (χ2n) is 2.21. The molecule has 0 aliphatic carbocycles. The van der Waals surface area contributed by atoms with Crippen LogP contribution >= 0.6 is 12.2 Å². The summed E-state index contributed by atoms with van der Waals surface area (Å²) < 4.78 is 9.89. The lowest BCUT2D eigenvalue weighted by atomic mass is 10.3. The van der Waals surface area contributed by atoms with E-state index in [4.69, 9.17) is 21.2 Å². The van der Waals surface area contributed by atoms with E-state index < -0.39 is 0 Å². The van der Waals surface area contributed by atoms with Crippen molar-refractivity contribution in [2.75, 3.05) is 0 Å². The number of aromatic nitrogens is 3. The zero-order valence-corrected chi connectivity index (χ0v) is 7.01. The molecule has 0 aliphatic rings. The van der Waals surface area contributed by atoms with Gasteiger partial charge in [-0.3, -0.25) is 0 Å². The van der Waals surface area contributed by atoms with Crippen molar-refractivity contribution in [1.29, 1.82) is 0 Å². The van der Waals surface area contributed by atoms with Crippen LogP contribution in [0.4, 0.5) is 0 Å². The number of hydrogen-bond donors (Lipinski definition) is 1. The molecule has 0 atom stereocenters. The van der Waals surface area contributed by atoms with Crippen molar-refractivity contribution < 1.29 is 8.94 Å². The summed E-state index contributed by atoms with van der Waals surface area (Å²) in [6, 6.07) is 0. The number of hydrogen-bond acceptors (Lipinski definition) is 5. The molecule has 0 radical (unpaired) electrons. The minimum absolute atomic E-state index is 0.241. The predicted molar refractivity (Wildman–Crippen MR) is 41.9 cm³/mol. The quantitative estimate of drug-likeness (QED) is 0.681. The van der Waals surface area contributed by atoms with E-state index in [1.807, 2.05) is 0 Å². The first-order valence-electron chi connectivity index (χ1n) is 3.24. The van der Waals surface area contributed by atoms with E-state index in [-0.39, 0.29) is 4.84 Å². The fourth-order valence-electron chi connectivity index (χ4n) is 0.849. The average molecular weight is 183 g/mol. The number of aryl methyl sites for hydroxylation is 1. The van der Waals surface area contributed by atoms with E-state index in [1.54, 1.807) is 6.92 Å². The van der Waals surface area contributed by atoms with E-state index in [1.165, 1.54) is 6.20 Å². The Morgan fingerprint density at radius 3 is 2.92 bits per heavy atom. The normalized spacial score (nSPS) is 10.4. The molecule has 0 unspecified atom stereocenters. The lowest BCUT2D eigenvalue weighted by Gasteiger charge is -1.84. The number of rotatable bonds is 1. The molecule has 1 N–H and O–H groups in total. The molecule has 12 heavy (non-hydrogen) atoms. The van der Waals surface area contributed by atoms with Gasteiger partial charge in [-0.2, -0.15) is 0 Å². The monoisotopic (exact) mass is 183 g/mol. The van der Waals surface area contributed by atoms with Gasteiger partial charge in [-0.15, -0.1) is 5.10 Å². The molecular formula is C6H5N3O2S. The van der Waals surface area contributed by atoms with Gasteiger partial charge in [0.1, 0.15) is 11.3 Å². The Balaban J connectivity index is 2.57. The minimum atomic E-state index is 0.241. The molecule has 2 heterocycles. The Kier molecular flexibility index (Phi) is 1.54. The Bertz CT molecular complexity index is 441. The maximum absolute atomic E-state index is 5.06. The van der Waals surface area contributed by atoms with Gasteiger partial charge in [0.25, 0.3) is 10.7 Å². The molecule has 0 fully saturated rings. The largest absolute Gasteiger partial charge is 0.409 e. The van der Waals surface area contributed by atoms with Crippen LogP contribution in [-0.4, -0.2) is 15.4 Å². The second kappa shape index (κ2) is 2.56. The SMILES string of the molecule is Cc1oncc1-c1n[nH]c(=S)o1. The third-order valence-electron chi connectivity index (χ3n) is 1.42. The van der Waals surface area contributed by atoms with Gasteiger partial charge < -0.3 is 8.94 Å². The summed E-state index contributed by atoms with van der Waals surface area (Å²) in [7, 11) is 0. The highest BCUT2D eigenvalue weighted by atomic mass is 32.1. The molecule has 2 aromatic heterocycles. The smallest absolute Gasteiger partial charge is 0.284 e. The summed E-state index contributed by atoms with van der Waals surface area (Å²) in [6.45, 7) is 1.77. The topological polar surface area (TPSA) is 67.8 Å². The summed E-state index contributed by atoms with van der Waals surface area (Å²) in [6.07, 6.45) is 1.53. The fourth-order valence-corrected chi connectivity index (χ4v) is 0.974. The van der Waals surface area contributed by atoms with Gasteiger partial charge in [0.05, 0.1) is 6.20 Å². The van der Waals surface area contributed by atoms with Crippen molar-refractivity contribution in [2.45, 2.75) is 6.92 Å². The van der Waals surface area contributed by atoms with Crippen LogP contribution < -0.4 is 0 Å². The number of nitrogens with zero attached hydrogens (tertiary/aromatic N) is 2. The van der Waals surface area contributed by atoms with Gasteiger partial charge in [0, 0.05) is 0 Å². The first-order chi connectivity index (χ1) is 5.77. The Morgan fingerprint density at radius 2 is 2.42 bits per heavy atom. The van der Waals surface area contributed by atoms with Crippen LogP contribution in [0.5, 0.6) is 0 Å². The van der Waals surface area contributed by atoms with Gasteiger partial charge in [-0.05, 0) is 19.1 Å². The Morgan fingerprint density at radius 1 is 1.58 bits per heavy atom. The number of H-pyrrole nitrogens is 1. The first-order valence-corrected chi connectivity index (χ1v) is 3.65. The van der Waals surface area contributed by atoms with Crippen molar-refractivity contribution in [3.63, 3.8) is 0 Å². The lowest BCUT2D eigenvalue weighted by molar-refractivity contribution is 0.397. The molecule has 6 heteroatoms. The van der Waals surface area contributed by atoms with Crippen molar-refractivity contribution in [1.82, 2.24) is 15.4 Å². The predicted octanol–water partition coefficient (Wildman–Crippen LogP) is 1.70. The third-order valence-corrected chi connectivity index (χ3v) is 1.59. The van der Waals surface area contributed by atoms with Gasteiger partial charge in [0.2, 0.25) is 0 Å². The summed E-state index contributed by atoms with van der Waals surface area (Å²) in [5.41, 5.74) is 0.711. The highest BCUT2D eigenvalue weighted by Gasteiger charge is 2.10. The average Bonchev–Trinajstić information content (AvgIpc) is 2.58. The van der Waals surface area contributed by atoms with E-state index in [9.17, 15) is 0 Å². The van der Waals surface area contributed by atoms with Gasteiger partial charge in [-0.25, -0.2) is 5.10 Å². The molecule has 5 nitrogen and oxygen atoms in total. The van der Waals surface area contributed by atoms with Crippen LogP contribution in [0.1, 0.15) is 5.76 Å². The van der Waals surface area contributed by atoms with Crippen molar-refractivity contribution in [3.05, 3.63) is 16.8 Å². The molecule has 2 aromatic rings. The molecular weight excluding hydrogens is 178 g/mol. The van der Waals surface area contributed by atoms with E-state index in [0.717, 1.165) is 0 Å². The Hall–Kier alpha value is -1.43. The maximum atomic E-state index is 5.06. The molecule has 0 aromatic carbocycles. The summed E-state index contributed by atoms with van der Waals surface area (Å²) in [5.74, 6) is 1.05. The molecule has 0 bridgehead atoms. The third kappa shape index (κ3) is 1.06. The molecule has 2 rings (SSSR count). The number of aromatic amines is 1. The zero-order chi connectivity index (χ0) is 8.55. The van der Waals surface area contributed by atoms with Crippen LogP contribution in [0.3, 0.4) is 0 Å². The van der Waals surface area contributed by atoms with Crippen molar-refractivity contribution in [3.8, 4) is 11.5 Å². The molecule has 0 amide bonds. The molecule has 0 saturated heterocycles. The van der Waals surface area contributed by atoms with Gasteiger partial charge in [-0.1, -0.05) is 5.16 Å². The van der Waals surface area contributed by atoms with Crippen LogP contribution in [-0.2, 0) is 0 Å². The van der Waals surface area contributed by atoms with E-state index >= 15 is 0 Å².